The third kappa shape index (κ3) is 5.50. The fraction of sp³-hybridized carbons (Fsp3) is 0.522. The molecule has 166 valence electrons. The molecule has 2 aliphatic rings. The topological polar surface area (TPSA) is 64.6 Å². The molecule has 1 aromatic heterocycles. The normalized spacial score (nSPS) is 20.0. The Morgan fingerprint density at radius 2 is 1.94 bits per heavy atom. The minimum atomic E-state index is -0.166. The van der Waals surface area contributed by atoms with Crippen LogP contribution in [-0.2, 0) is 4.79 Å². The first-order chi connectivity index (χ1) is 15.1. The number of rotatable bonds is 6. The summed E-state index contributed by atoms with van der Waals surface area (Å²) in [5, 5.41) is 3.11. The molecular weight excluding hydrogens is 395 g/mol. The molecule has 1 unspecified atom stereocenters. The van der Waals surface area contributed by atoms with Crippen molar-refractivity contribution in [2.24, 2.45) is 5.92 Å². The molecular formula is C23H31FN6O. The summed E-state index contributed by atoms with van der Waals surface area (Å²) in [5.74, 6) is 0.629. The number of aryl methyl sites for hydroxylation is 1. The number of amides is 1. The Morgan fingerprint density at radius 3 is 2.71 bits per heavy atom. The number of anilines is 2. The summed E-state index contributed by atoms with van der Waals surface area (Å²) < 4.78 is 14.0. The number of hydrogen-bond donors (Lipinski definition) is 1. The predicted octanol–water partition coefficient (Wildman–Crippen LogP) is 2.08. The van der Waals surface area contributed by atoms with Crippen LogP contribution in [-0.4, -0.2) is 73.1 Å². The maximum absolute atomic E-state index is 14.0. The van der Waals surface area contributed by atoms with Crippen LogP contribution in [0.25, 0.3) is 0 Å². The van der Waals surface area contributed by atoms with Crippen LogP contribution in [0.5, 0.6) is 0 Å². The Labute approximate surface area is 183 Å². The van der Waals surface area contributed by atoms with Gasteiger partial charge in [0, 0.05) is 64.2 Å². The molecule has 2 aliphatic heterocycles. The summed E-state index contributed by atoms with van der Waals surface area (Å²) in [4.78, 5) is 28.1. The Hall–Kier alpha value is -2.74. The smallest absolute Gasteiger partial charge is 0.225 e. The van der Waals surface area contributed by atoms with Crippen molar-refractivity contribution >= 4 is 17.5 Å². The lowest BCUT2D eigenvalue weighted by Gasteiger charge is -2.36. The summed E-state index contributed by atoms with van der Waals surface area (Å²) >= 11 is 0. The van der Waals surface area contributed by atoms with E-state index < -0.39 is 0 Å². The molecule has 4 rings (SSSR count). The third-order valence-electron chi connectivity index (χ3n) is 6.15. The standard InChI is InChI=1S/C23H31FN6O/c1-18-8-9-26-23(27-18)30-11-4-5-19(17-30)22(31)25-10-12-28-13-15-29(16-14-28)21-7-3-2-6-20(21)24/h2-3,6-9,19H,4-5,10-17H2,1H3,(H,25,31). The SMILES string of the molecule is Cc1ccnc(N2CCCC(C(=O)NCCN3CCN(c4ccccc4F)CC3)C2)n1. The van der Waals surface area contributed by atoms with Crippen molar-refractivity contribution in [1.82, 2.24) is 20.2 Å². The summed E-state index contributed by atoms with van der Waals surface area (Å²) in [5.41, 5.74) is 1.61. The number of nitrogens with one attached hydrogen (secondary N) is 1. The zero-order chi connectivity index (χ0) is 21.6. The molecule has 1 amide bonds. The lowest BCUT2D eigenvalue weighted by Crippen LogP contribution is -2.49. The summed E-state index contributed by atoms with van der Waals surface area (Å²) in [6.07, 6.45) is 3.64. The number of benzene rings is 1. The molecule has 1 atom stereocenters. The third-order valence-corrected chi connectivity index (χ3v) is 6.15. The van der Waals surface area contributed by atoms with Gasteiger partial charge in [0.15, 0.2) is 0 Å². The molecule has 0 saturated carbocycles. The Balaban J connectivity index is 1.20. The average Bonchev–Trinajstić information content (AvgIpc) is 2.80. The van der Waals surface area contributed by atoms with E-state index in [4.69, 9.17) is 0 Å². The maximum Gasteiger partial charge on any atom is 0.225 e. The predicted molar refractivity (Wildman–Crippen MR) is 120 cm³/mol. The second-order valence-electron chi connectivity index (χ2n) is 8.35. The van der Waals surface area contributed by atoms with Gasteiger partial charge < -0.3 is 15.1 Å². The van der Waals surface area contributed by atoms with Gasteiger partial charge in [0.25, 0.3) is 0 Å². The van der Waals surface area contributed by atoms with Crippen LogP contribution >= 0.6 is 0 Å². The quantitative estimate of drug-likeness (QED) is 0.763. The molecule has 7 nitrogen and oxygen atoms in total. The monoisotopic (exact) mass is 426 g/mol. The van der Waals surface area contributed by atoms with Gasteiger partial charge in [-0.1, -0.05) is 12.1 Å². The van der Waals surface area contributed by atoms with Crippen LogP contribution in [0.1, 0.15) is 18.5 Å². The first-order valence-electron chi connectivity index (χ1n) is 11.1. The van der Waals surface area contributed by atoms with Crippen LogP contribution in [0.4, 0.5) is 16.0 Å². The molecule has 2 fully saturated rings. The molecule has 1 aromatic carbocycles. The van der Waals surface area contributed by atoms with E-state index in [-0.39, 0.29) is 17.6 Å². The zero-order valence-electron chi connectivity index (χ0n) is 18.1. The van der Waals surface area contributed by atoms with Gasteiger partial charge in [0.2, 0.25) is 11.9 Å². The van der Waals surface area contributed by atoms with E-state index in [1.807, 2.05) is 25.1 Å². The van der Waals surface area contributed by atoms with Crippen molar-refractivity contribution in [2.45, 2.75) is 19.8 Å². The number of aromatic nitrogens is 2. The first-order valence-corrected chi connectivity index (χ1v) is 11.1. The number of para-hydroxylation sites is 1. The average molecular weight is 427 g/mol. The minimum Gasteiger partial charge on any atom is -0.367 e. The molecule has 1 N–H and O–H groups in total. The summed E-state index contributed by atoms with van der Waals surface area (Å²) in [6.45, 7) is 8.28. The fourth-order valence-electron chi connectivity index (χ4n) is 4.36. The molecule has 0 aliphatic carbocycles. The van der Waals surface area contributed by atoms with E-state index in [0.717, 1.165) is 57.8 Å². The number of piperazine rings is 1. The van der Waals surface area contributed by atoms with E-state index in [1.165, 1.54) is 6.07 Å². The summed E-state index contributed by atoms with van der Waals surface area (Å²) in [7, 11) is 0. The number of carbonyl (C=O) groups excluding carboxylic acids is 1. The molecule has 2 saturated heterocycles. The van der Waals surface area contributed by atoms with Crippen molar-refractivity contribution in [3.05, 3.63) is 48.0 Å². The Bertz CT molecular complexity index is 886. The van der Waals surface area contributed by atoms with Gasteiger partial charge in [0.1, 0.15) is 5.82 Å². The van der Waals surface area contributed by atoms with Crippen LogP contribution in [0.3, 0.4) is 0 Å². The van der Waals surface area contributed by atoms with Gasteiger partial charge in [-0.15, -0.1) is 0 Å². The van der Waals surface area contributed by atoms with Crippen LogP contribution in [0, 0.1) is 18.7 Å². The number of hydrogen-bond acceptors (Lipinski definition) is 6. The van der Waals surface area contributed by atoms with Gasteiger partial charge in [-0.3, -0.25) is 9.69 Å². The first kappa shape index (κ1) is 21.5. The Morgan fingerprint density at radius 1 is 1.13 bits per heavy atom. The van der Waals surface area contributed by atoms with E-state index in [0.29, 0.717) is 24.7 Å². The number of halogens is 1. The van der Waals surface area contributed by atoms with E-state index in [2.05, 4.69) is 30.0 Å². The van der Waals surface area contributed by atoms with Crippen molar-refractivity contribution in [3.63, 3.8) is 0 Å². The fourth-order valence-corrected chi connectivity index (χ4v) is 4.36. The number of piperidine rings is 1. The van der Waals surface area contributed by atoms with Gasteiger partial charge in [0.05, 0.1) is 11.6 Å². The van der Waals surface area contributed by atoms with Crippen molar-refractivity contribution in [1.29, 1.82) is 0 Å². The summed E-state index contributed by atoms with van der Waals surface area (Å²) in [6, 6.07) is 8.82. The van der Waals surface area contributed by atoms with Gasteiger partial charge in [-0.25, -0.2) is 14.4 Å². The molecule has 0 spiro atoms. The highest BCUT2D eigenvalue weighted by atomic mass is 19.1. The van der Waals surface area contributed by atoms with Gasteiger partial charge in [-0.05, 0) is 38.0 Å². The highest BCUT2D eigenvalue weighted by molar-refractivity contribution is 5.79. The molecule has 31 heavy (non-hydrogen) atoms. The second-order valence-corrected chi connectivity index (χ2v) is 8.35. The highest BCUT2D eigenvalue weighted by Crippen LogP contribution is 2.21. The second kappa shape index (κ2) is 10.0. The zero-order valence-corrected chi connectivity index (χ0v) is 18.1. The molecule has 2 aromatic rings. The van der Waals surface area contributed by atoms with Crippen molar-refractivity contribution < 1.29 is 9.18 Å². The van der Waals surface area contributed by atoms with Gasteiger partial charge >= 0.3 is 0 Å². The highest BCUT2D eigenvalue weighted by Gasteiger charge is 2.27. The maximum atomic E-state index is 14.0. The number of carbonyl (C=O) groups is 1. The molecule has 0 radical (unpaired) electrons. The van der Waals surface area contributed by atoms with Crippen molar-refractivity contribution in [2.75, 3.05) is 62.2 Å². The van der Waals surface area contributed by atoms with Crippen LogP contribution < -0.4 is 15.1 Å². The van der Waals surface area contributed by atoms with E-state index >= 15 is 0 Å². The molecule has 3 heterocycles. The van der Waals surface area contributed by atoms with Crippen LogP contribution in [0.15, 0.2) is 36.5 Å². The largest absolute Gasteiger partial charge is 0.367 e. The van der Waals surface area contributed by atoms with Crippen LogP contribution in [0.2, 0.25) is 0 Å². The minimum absolute atomic E-state index is 0.0317. The number of nitrogens with zero attached hydrogens (tertiary/aromatic N) is 5. The Kier molecular flexibility index (Phi) is 6.96. The molecule has 0 bridgehead atoms. The lowest BCUT2D eigenvalue weighted by molar-refractivity contribution is -0.125. The lowest BCUT2D eigenvalue weighted by atomic mass is 9.97. The van der Waals surface area contributed by atoms with E-state index in [1.54, 1.807) is 12.3 Å². The van der Waals surface area contributed by atoms with Gasteiger partial charge in [-0.2, -0.15) is 0 Å². The molecule has 8 heteroatoms. The van der Waals surface area contributed by atoms with E-state index in [9.17, 15) is 9.18 Å². The van der Waals surface area contributed by atoms with Crippen molar-refractivity contribution in [3.8, 4) is 0 Å².